The lowest BCUT2D eigenvalue weighted by Crippen LogP contribution is -1.92. The van der Waals surface area contributed by atoms with Crippen LogP contribution in [0.2, 0.25) is 0 Å². The first-order valence-corrected chi connectivity index (χ1v) is 4.69. The number of ether oxygens (including phenoxy) is 1. The highest BCUT2D eigenvalue weighted by atomic mass is 16.6. The Labute approximate surface area is 92.0 Å². The van der Waals surface area contributed by atoms with Gasteiger partial charge in [-0.3, -0.25) is 0 Å². The van der Waals surface area contributed by atoms with Crippen LogP contribution in [0.1, 0.15) is 0 Å². The Bertz CT molecular complexity index is 585. The normalized spacial score (nSPS) is 11.1. The van der Waals surface area contributed by atoms with Crippen molar-refractivity contribution in [3.8, 4) is 5.75 Å². The van der Waals surface area contributed by atoms with Crippen LogP contribution in [0.4, 0.5) is 0 Å². The van der Waals surface area contributed by atoms with Crippen molar-refractivity contribution in [1.29, 1.82) is 5.39 Å². The van der Waals surface area contributed by atoms with Crippen molar-refractivity contribution in [2.45, 2.75) is 0 Å². The summed E-state index contributed by atoms with van der Waals surface area (Å²) in [6.07, 6.45) is 0.815. The van der Waals surface area contributed by atoms with Crippen LogP contribution in [-0.4, -0.2) is 5.11 Å². The highest BCUT2D eigenvalue weighted by molar-refractivity contribution is 5.83. The lowest BCUT2D eigenvalue weighted by Gasteiger charge is -2.02. The van der Waals surface area contributed by atoms with Gasteiger partial charge in [0.2, 0.25) is 5.39 Å². The maximum atomic E-state index is 9.16. The maximum Gasteiger partial charge on any atom is 0.430 e. The molecule has 0 bridgehead atoms. The molecule has 0 heterocycles. The number of aliphatic hydroxyl groups excluding tert-OH is 1. The molecule has 2 aromatic carbocycles. The van der Waals surface area contributed by atoms with Crippen LogP contribution >= 0.6 is 0 Å². The molecule has 0 atom stereocenters. The lowest BCUT2D eigenvalue weighted by molar-refractivity contribution is 0.209. The van der Waals surface area contributed by atoms with Crippen molar-refractivity contribution in [3.63, 3.8) is 0 Å². The summed E-state index contributed by atoms with van der Waals surface area (Å²) in [6.45, 7) is 0. The Balaban J connectivity index is 2.34. The van der Waals surface area contributed by atoms with Gasteiger partial charge in [-0.05, 0) is 22.9 Å². The number of fused-ring (bicyclic) bond motifs is 1. The van der Waals surface area contributed by atoms with Gasteiger partial charge in [-0.15, -0.1) is 0 Å². The number of aliphatic hydroxyl groups is 1. The van der Waals surface area contributed by atoms with E-state index in [1.54, 1.807) is 12.1 Å². The Morgan fingerprint density at radius 1 is 1.19 bits per heavy atom. The van der Waals surface area contributed by atoms with E-state index < -0.39 is 5.95 Å². The second-order valence-corrected chi connectivity index (χ2v) is 3.19. The molecule has 0 saturated carbocycles. The maximum absolute atomic E-state index is 9.16. The summed E-state index contributed by atoms with van der Waals surface area (Å²) >= 11 is 0. The number of hydrogen-bond acceptors (Lipinski definition) is 3. The third kappa shape index (κ3) is 2.10. The van der Waals surface area contributed by atoms with E-state index in [4.69, 9.17) is 15.2 Å². The zero-order valence-corrected chi connectivity index (χ0v) is 8.37. The molecule has 0 aliphatic heterocycles. The largest absolute Gasteiger partial charge is 0.475 e. The van der Waals surface area contributed by atoms with Crippen molar-refractivity contribution in [2.24, 2.45) is 0 Å². The third-order valence-electron chi connectivity index (χ3n) is 2.11. The number of diazo groups is 1. The molecule has 0 unspecified atom stereocenters. The van der Waals surface area contributed by atoms with Crippen molar-refractivity contribution in [2.75, 3.05) is 0 Å². The van der Waals surface area contributed by atoms with Crippen molar-refractivity contribution < 1.29 is 9.84 Å². The predicted molar refractivity (Wildman–Crippen MR) is 60.4 cm³/mol. The molecule has 0 amide bonds. The van der Waals surface area contributed by atoms with E-state index in [-0.39, 0.29) is 0 Å². The number of benzene rings is 2. The fraction of sp³-hybridized carbons (Fsp3) is 0. The zero-order chi connectivity index (χ0) is 11.4. The highest BCUT2D eigenvalue weighted by Gasteiger charge is 2.03. The summed E-state index contributed by atoms with van der Waals surface area (Å²) in [5.74, 6) is 0.0221. The Morgan fingerprint density at radius 2 is 1.94 bits per heavy atom. The summed E-state index contributed by atoms with van der Waals surface area (Å²) in [4.78, 5) is 2.66. The predicted octanol–water partition coefficient (Wildman–Crippen LogP) is 3.43. The Kier molecular flexibility index (Phi) is 2.70. The van der Waals surface area contributed by atoms with Crippen molar-refractivity contribution in [1.82, 2.24) is 0 Å². The summed E-state index contributed by atoms with van der Waals surface area (Å²) in [6, 6.07) is 13.2. The highest BCUT2D eigenvalue weighted by Crippen LogP contribution is 2.21. The minimum absolute atomic E-state index is 0.460. The molecule has 0 aliphatic rings. The van der Waals surface area contributed by atoms with Crippen LogP contribution < -0.4 is 4.74 Å². The molecular formula is C12H9N2O2+. The number of nitrogens with zero attached hydrogens (tertiary/aromatic N) is 2. The molecular weight excluding hydrogens is 204 g/mol. The van der Waals surface area contributed by atoms with Gasteiger partial charge in [0, 0.05) is 0 Å². The van der Waals surface area contributed by atoms with E-state index in [1.165, 1.54) is 0 Å². The van der Waals surface area contributed by atoms with E-state index in [1.807, 2.05) is 30.3 Å². The quantitative estimate of drug-likeness (QED) is 0.614. The van der Waals surface area contributed by atoms with Crippen LogP contribution in [0.25, 0.3) is 15.7 Å². The minimum Gasteiger partial charge on any atom is -0.475 e. The van der Waals surface area contributed by atoms with Crippen LogP contribution in [0.15, 0.2) is 54.6 Å². The Hall–Kier alpha value is -2.54. The molecule has 0 fully saturated rings. The molecule has 0 radical (unpaired) electrons. The van der Waals surface area contributed by atoms with Gasteiger partial charge >= 0.3 is 12.1 Å². The molecule has 0 spiro atoms. The van der Waals surface area contributed by atoms with Crippen LogP contribution in [0, 0.1) is 5.39 Å². The van der Waals surface area contributed by atoms with E-state index in [2.05, 4.69) is 4.98 Å². The number of hydrogen-bond donors (Lipinski definition) is 1. The lowest BCUT2D eigenvalue weighted by atomic mass is 10.1. The molecule has 78 valence electrons. The average Bonchev–Trinajstić information content (AvgIpc) is 2.29. The summed E-state index contributed by atoms with van der Waals surface area (Å²) in [5.41, 5.74) is 0. The molecule has 2 rings (SSSR count). The Morgan fingerprint density at radius 3 is 2.69 bits per heavy atom. The fourth-order valence-corrected chi connectivity index (χ4v) is 1.43. The van der Waals surface area contributed by atoms with Gasteiger partial charge in [0.1, 0.15) is 5.75 Å². The average molecular weight is 213 g/mol. The molecule has 2 aromatic rings. The van der Waals surface area contributed by atoms with Gasteiger partial charge in [-0.2, -0.15) is 0 Å². The smallest absolute Gasteiger partial charge is 0.430 e. The number of rotatable bonds is 2. The topological polar surface area (TPSA) is 57.6 Å². The zero-order valence-electron chi connectivity index (χ0n) is 8.37. The van der Waals surface area contributed by atoms with E-state index in [0.717, 1.165) is 17.0 Å². The summed E-state index contributed by atoms with van der Waals surface area (Å²) in [5, 5.41) is 19.5. The second-order valence-electron chi connectivity index (χ2n) is 3.19. The molecule has 1 N–H and O–H groups in total. The van der Waals surface area contributed by atoms with Crippen LogP contribution in [0.3, 0.4) is 0 Å². The SMILES string of the molecule is N#[N+]/C=C(/O)Oc1ccc2ccccc2c1. The first-order valence-electron chi connectivity index (χ1n) is 4.69. The summed E-state index contributed by atoms with van der Waals surface area (Å²) < 4.78 is 5.03. The standard InChI is InChI=1S/C12H8N2O2/c13-14-8-12(15)16-11-6-5-9-3-1-2-4-10(9)7-11/h1-8H/p+1/b12-8-. The van der Waals surface area contributed by atoms with Gasteiger partial charge in [0.25, 0.3) is 0 Å². The molecule has 0 saturated heterocycles. The van der Waals surface area contributed by atoms with E-state index >= 15 is 0 Å². The first-order chi connectivity index (χ1) is 7.79. The molecule has 4 nitrogen and oxygen atoms in total. The van der Waals surface area contributed by atoms with Crippen molar-refractivity contribution >= 4 is 10.8 Å². The second kappa shape index (κ2) is 4.32. The monoisotopic (exact) mass is 213 g/mol. The molecule has 0 aliphatic carbocycles. The fourth-order valence-electron chi connectivity index (χ4n) is 1.43. The first kappa shape index (κ1) is 9.99. The van der Waals surface area contributed by atoms with Gasteiger partial charge in [-0.1, -0.05) is 30.3 Å². The molecule has 4 heteroatoms. The minimum atomic E-state index is -0.460. The van der Waals surface area contributed by atoms with E-state index in [0.29, 0.717) is 5.75 Å². The van der Waals surface area contributed by atoms with Crippen molar-refractivity contribution in [3.05, 3.63) is 59.6 Å². The van der Waals surface area contributed by atoms with Gasteiger partial charge < -0.3 is 9.84 Å². The van der Waals surface area contributed by atoms with Gasteiger partial charge in [0.05, 0.1) is 0 Å². The third-order valence-corrected chi connectivity index (χ3v) is 2.11. The van der Waals surface area contributed by atoms with E-state index in [9.17, 15) is 0 Å². The van der Waals surface area contributed by atoms with Gasteiger partial charge in [-0.25, -0.2) is 0 Å². The van der Waals surface area contributed by atoms with Gasteiger partial charge in [0.15, 0.2) is 4.98 Å². The molecule has 0 aromatic heterocycles. The van der Waals surface area contributed by atoms with Crippen LogP contribution in [0.5, 0.6) is 5.75 Å². The molecule has 16 heavy (non-hydrogen) atoms. The summed E-state index contributed by atoms with van der Waals surface area (Å²) in [7, 11) is 0. The van der Waals surface area contributed by atoms with Crippen LogP contribution in [-0.2, 0) is 0 Å².